The molecule has 0 unspecified atom stereocenters. The summed E-state index contributed by atoms with van der Waals surface area (Å²) in [6.45, 7) is 6.63. The van der Waals surface area contributed by atoms with Crippen LogP contribution in [-0.2, 0) is 4.57 Å². The Hall–Kier alpha value is -0.950. The topological polar surface area (TPSA) is 38.3 Å². The highest BCUT2D eigenvalue weighted by molar-refractivity contribution is 7.70. The van der Waals surface area contributed by atoms with Crippen molar-refractivity contribution < 1.29 is 9.30 Å². The molecule has 0 aliphatic carbocycles. The average Bonchev–Trinajstić information content (AvgIpc) is 2.28. The molecular weight excluding hydrogens is 233 g/mol. The van der Waals surface area contributed by atoms with Crippen LogP contribution in [0.2, 0.25) is 0 Å². The molecule has 0 aliphatic rings. The third-order valence-electron chi connectivity index (χ3n) is 2.65. The van der Waals surface area contributed by atoms with Gasteiger partial charge in [-0.05, 0) is 37.9 Å². The van der Waals surface area contributed by atoms with E-state index in [2.05, 4.69) is 12.2 Å². The highest BCUT2D eigenvalue weighted by atomic mass is 31.2. The van der Waals surface area contributed by atoms with Gasteiger partial charge >= 0.3 is 0 Å². The largest absolute Gasteiger partial charge is 0.495 e. The molecule has 17 heavy (non-hydrogen) atoms. The molecule has 0 radical (unpaired) electrons. The number of methoxy groups -OCH3 is 1. The van der Waals surface area contributed by atoms with Gasteiger partial charge in [0.05, 0.1) is 12.8 Å². The Bertz CT molecular complexity index is 412. The Balaban J connectivity index is 2.90. The summed E-state index contributed by atoms with van der Waals surface area (Å²) in [6, 6.07) is 5.73. The van der Waals surface area contributed by atoms with Gasteiger partial charge < -0.3 is 14.6 Å². The lowest BCUT2D eigenvalue weighted by Crippen LogP contribution is -2.07. The predicted molar refractivity (Wildman–Crippen MR) is 75.5 cm³/mol. The molecule has 1 aromatic rings. The van der Waals surface area contributed by atoms with Crippen molar-refractivity contribution in [2.45, 2.75) is 19.8 Å². The summed E-state index contributed by atoms with van der Waals surface area (Å²) >= 11 is 0. The van der Waals surface area contributed by atoms with Crippen LogP contribution in [0.15, 0.2) is 18.2 Å². The van der Waals surface area contributed by atoms with Gasteiger partial charge in [0.1, 0.15) is 12.9 Å². The quantitative estimate of drug-likeness (QED) is 0.627. The molecule has 0 aliphatic heterocycles. The Kier molecular flexibility index (Phi) is 5.07. The zero-order valence-electron chi connectivity index (χ0n) is 11.1. The van der Waals surface area contributed by atoms with E-state index >= 15 is 0 Å². The zero-order chi connectivity index (χ0) is 12.9. The zero-order valence-corrected chi connectivity index (χ0v) is 12.0. The van der Waals surface area contributed by atoms with Crippen molar-refractivity contribution in [1.82, 2.24) is 0 Å². The lowest BCUT2D eigenvalue weighted by atomic mass is 10.2. The van der Waals surface area contributed by atoms with Gasteiger partial charge in [0.15, 0.2) is 0 Å². The first-order valence-electron chi connectivity index (χ1n) is 5.96. The molecule has 0 fully saturated rings. The third-order valence-corrected chi connectivity index (χ3v) is 4.17. The molecular formula is C13H22NO2P. The summed E-state index contributed by atoms with van der Waals surface area (Å²) in [5, 5.41) is 4.19. The molecule has 0 aromatic heterocycles. The molecule has 3 nitrogen and oxygen atoms in total. The number of hydrogen-bond donors (Lipinski definition) is 1. The summed E-state index contributed by atoms with van der Waals surface area (Å²) < 4.78 is 17.3. The van der Waals surface area contributed by atoms with E-state index in [1.54, 1.807) is 20.4 Å². The lowest BCUT2D eigenvalue weighted by molar-refractivity contribution is 0.416. The minimum atomic E-state index is -2.22. The number of unbranched alkanes of at least 4 members (excludes halogenated alkanes) is 1. The molecule has 1 N–H and O–H groups in total. The fourth-order valence-corrected chi connectivity index (χ4v) is 2.42. The first kappa shape index (κ1) is 14.1. The fraction of sp³-hybridized carbons (Fsp3) is 0.538. The van der Waals surface area contributed by atoms with E-state index in [9.17, 15) is 4.57 Å². The molecule has 0 saturated heterocycles. The molecule has 0 spiro atoms. The number of rotatable bonds is 6. The molecule has 4 heteroatoms. The van der Waals surface area contributed by atoms with E-state index < -0.39 is 7.14 Å². The Morgan fingerprint density at radius 2 is 2.06 bits per heavy atom. The van der Waals surface area contributed by atoms with E-state index in [4.69, 9.17) is 4.74 Å². The van der Waals surface area contributed by atoms with Crippen molar-refractivity contribution in [2.75, 3.05) is 32.3 Å². The maximum absolute atomic E-state index is 12.0. The summed E-state index contributed by atoms with van der Waals surface area (Å²) in [4.78, 5) is 0. The smallest absolute Gasteiger partial charge is 0.142 e. The predicted octanol–water partition coefficient (Wildman–Crippen LogP) is 3.16. The average molecular weight is 255 g/mol. The van der Waals surface area contributed by atoms with Gasteiger partial charge in [-0.15, -0.1) is 0 Å². The first-order valence-corrected chi connectivity index (χ1v) is 8.56. The molecule has 0 saturated carbocycles. The maximum atomic E-state index is 12.0. The van der Waals surface area contributed by atoms with Crippen LogP contribution in [0.4, 0.5) is 5.69 Å². The van der Waals surface area contributed by atoms with Crippen molar-refractivity contribution in [1.29, 1.82) is 0 Å². The van der Waals surface area contributed by atoms with E-state index in [1.807, 2.05) is 18.2 Å². The van der Waals surface area contributed by atoms with E-state index in [-0.39, 0.29) is 0 Å². The third kappa shape index (κ3) is 4.08. The SMILES string of the molecule is CCCCNc1ccc(P(C)(C)=O)cc1OC. The first-order chi connectivity index (χ1) is 7.99. The Morgan fingerprint density at radius 3 is 2.59 bits per heavy atom. The van der Waals surface area contributed by atoms with Gasteiger partial charge in [0, 0.05) is 11.8 Å². The molecule has 1 aromatic carbocycles. The van der Waals surface area contributed by atoms with Crippen LogP contribution in [0.1, 0.15) is 19.8 Å². The number of nitrogens with one attached hydrogen (secondary N) is 1. The van der Waals surface area contributed by atoms with E-state index in [0.29, 0.717) is 0 Å². The van der Waals surface area contributed by atoms with Crippen molar-refractivity contribution in [3.05, 3.63) is 18.2 Å². The number of anilines is 1. The molecule has 0 bridgehead atoms. The maximum Gasteiger partial charge on any atom is 0.142 e. The van der Waals surface area contributed by atoms with Crippen LogP contribution in [0.3, 0.4) is 0 Å². The van der Waals surface area contributed by atoms with Crippen LogP contribution < -0.4 is 15.4 Å². The normalized spacial score (nSPS) is 11.3. The molecule has 1 rings (SSSR count). The molecule has 0 amide bonds. The highest BCUT2D eigenvalue weighted by Gasteiger charge is 2.13. The summed E-state index contributed by atoms with van der Waals surface area (Å²) in [5.41, 5.74) is 0.971. The van der Waals surface area contributed by atoms with Crippen molar-refractivity contribution >= 4 is 18.1 Å². The number of hydrogen-bond acceptors (Lipinski definition) is 3. The fourth-order valence-electron chi connectivity index (χ4n) is 1.56. The van der Waals surface area contributed by atoms with Crippen LogP contribution in [0.25, 0.3) is 0 Å². The molecule has 0 heterocycles. The standard InChI is InChI=1S/C13H22NO2P/c1-5-6-9-14-12-8-7-11(17(3,4)15)10-13(12)16-2/h7-8,10,14H,5-6,9H2,1-4H3. The number of benzene rings is 1. The van der Waals surface area contributed by atoms with E-state index in [0.717, 1.165) is 36.1 Å². The van der Waals surface area contributed by atoms with Crippen LogP contribution in [-0.4, -0.2) is 27.0 Å². The minimum absolute atomic E-state index is 0.766. The Morgan fingerprint density at radius 1 is 1.35 bits per heavy atom. The van der Waals surface area contributed by atoms with Crippen molar-refractivity contribution in [3.63, 3.8) is 0 Å². The van der Waals surface area contributed by atoms with Crippen LogP contribution in [0.5, 0.6) is 5.75 Å². The number of ether oxygens (including phenoxy) is 1. The molecule has 96 valence electrons. The minimum Gasteiger partial charge on any atom is -0.495 e. The lowest BCUT2D eigenvalue weighted by Gasteiger charge is -2.14. The summed E-state index contributed by atoms with van der Waals surface area (Å²) in [6.07, 6.45) is 2.29. The van der Waals surface area contributed by atoms with Gasteiger partial charge in [-0.1, -0.05) is 13.3 Å². The van der Waals surface area contributed by atoms with Crippen molar-refractivity contribution in [2.24, 2.45) is 0 Å². The van der Waals surface area contributed by atoms with Crippen LogP contribution >= 0.6 is 7.14 Å². The van der Waals surface area contributed by atoms with Gasteiger partial charge in [0.25, 0.3) is 0 Å². The summed E-state index contributed by atoms with van der Waals surface area (Å²) in [7, 11) is -0.578. The second-order valence-corrected chi connectivity index (χ2v) is 7.73. The van der Waals surface area contributed by atoms with E-state index in [1.165, 1.54) is 0 Å². The van der Waals surface area contributed by atoms with Gasteiger partial charge in [-0.25, -0.2) is 0 Å². The summed E-state index contributed by atoms with van der Waals surface area (Å²) in [5.74, 6) is 0.766. The monoisotopic (exact) mass is 255 g/mol. The van der Waals surface area contributed by atoms with Crippen LogP contribution in [0, 0.1) is 0 Å². The Labute approximate surface area is 104 Å². The van der Waals surface area contributed by atoms with Crippen molar-refractivity contribution in [3.8, 4) is 5.75 Å². The van der Waals surface area contributed by atoms with Gasteiger partial charge in [-0.3, -0.25) is 0 Å². The van der Waals surface area contributed by atoms with Gasteiger partial charge in [-0.2, -0.15) is 0 Å². The second-order valence-electron chi connectivity index (χ2n) is 4.52. The highest BCUT2D eigenvalue weighted by Crippen LogP contribution is 2.37. The second kappa shape index (κ2) is 6.11. The molecule has 0 atom stereocenters. The van der Waals surface area contributed by atoms with Gasteiger partial charge in [0.2, 0.25) is 0 Å².